The molecule has 1 heterocycles. The number of fused-ring (bicyclic) bond motifs is 1. The maximum absolute atomic E-state index is 13.3. The smallest absolute Gasteiger partial charge is 0.266 e. The summed E-state index contributed by atoms with van der Waals surface area (Å²) >= 11 is 0. The molecule has 74 valence electrons. The number of aryl methyl sites for hydroxylation is 1. The number of aromatic amines is 1. The van der Waals surface area contributed by atoms with Gasteiger partial charge in [-0.15, -0.1) is 0 Å². The second kappa shape index (κ2) is 3.01. The summed E-state index contributed by atoms with van der Waals surface area (Å²) in [6.07, 6.45) is -1.45. The number of nitrogens with zero attached hydrogens (tertiary/aromatic N) is 1. The highest BCUT2D eigenvalue weighted by molar-refractivity contribution is 5.79. The first-order chi connectivity index (χ1) is 6.61. The Kier molecular flexibility index (Phi) is 1.94. The minimum absolute atomic E-state index is 0.152. The molecule has 0 atom stereocenters. The minimum atomic E-state index is -2.80. The van der Waals surface area contributed by atoms with E-state index in [1.165, 1.54) is 13.3 Å². The second-order valence-corrected chi connectivity index (χ2v) is 3.00. The molecule has 1 N–H and O–H groups in total. The van der Waals surface area contributed by atoms with Gasteiger partial charge in [0.1, 0.15) is 5.82 Å². The molecule has 5 heteroatoms. The highest BCUT2D eigenvalue weighted by Gasteiger charge is 2.18. The SMILES string of the molecule is Cc1c(F)c(C(F)F)cc2[nH]cnc12. The van der Waals surface area contributed by atoms with Crippen LogP contribution in [0.15, 0.2) is 12.4 Å². The van der Waals surface area contributed by atoms with Crippen LogP contribution in [-0.2, 0) is 0 Å². The van der Waals surface area contributed by atoms with Gasteiger partial charge in [0.2, 0.25) is 0 Å². The third kappa shape index (κ3) is 1.16. The molecule has 14 heavy (non-hydrogen) atoms. The molecular formula is C9H7F3N2. The van der Waals surface area contributed by atoms with Crippen molar-refractivity contribution in [2.45, 2.75) is 13.3 Å². The second-order valence-electron chi connectivity index (χ2n) is 3.00. The summed E-state index contributed by atoms with van der Waals surface area (Å²) in [5, 5.41) is 0. The quantitative estimate of drug-likeness (QED) is 0.753. The molecule has 2 aromatic rings. The van der Waals surface area contributed by atoms with Gasteiger partial charge in [-0.05, 0) is 13.0 Å². The number of benzene rings is 1. The first kappa shape index (κ1) is 9.05. The summed E-state index contributed by atoms with van der Waals surface area (Å²) in [6.45, 7) is 1.43. The van der Waals surface area contributed by atoms with Crippen molar-refractivity contribution in [3.63, 3.8) is 0 Å². The topological polar surface area (TPSA) is 28.7 Å². The number of rotatable bonds is 1. The third-order valence-electron chi connectivity index (χ3n) is 2.14. The maximum atomic E-state index is 13.3. The first-order valence-electron chi connectivity index (χ1n) is 4.01. The fraction of sp³-hybridized carbons (Fsp3) is 0.222. The van der Waals surface area contributed by atoms with Crippen LogP contribution < -0.4 is 0 Å². The number of alkyl halides is 2. The van der Waals surface area contributed by atoms with E-state index in [0.29, 0.717) is 11.0 Å². The Bertz CT molecular complexity index is 476. The zero-order chi connectivity index (χ0) is 10.3. The summed E-state index contributed by atoms with van der Waals surface area (Å²) < 4.78 is 38.1. The van der Waals surface area contributed by atoms with Gasteiger partial charge in [-0.3, -0.25) is 0 Å². The normalized spacial score (nSPS) is 11.5. The number of nitrogens with one attached hydrogen (secondary N) is 1. The predicted molar refractivity (Wildman–Crippen MR) is 45.7 cm³/mol. The van der Waals surface area contributed by atoms with Crippen LogP contribution in [0.2, 0.25) is 0 Å². The van der Waals surface area contributed by atoms with E-state index in [9.17, 15) is 13.2 Å². The molecule has 0 spiro atoms. The lowest BCUT2D eigenvalue weighted by Gasteiger charge is -2.04. The number of aromatic nitrogens is 2. The Morgan fingerprint density at radius 2 is 2.14 bits per heavy atom. The van der Waals surface area contributed by atoms with Crippen LogP contribution in [0.4, 0.5) is 13.2 Å². The Morgan fingerprint density at radius 3 is 2.79 bits per heavy atom. The first-order valence-corrected chi connectivity index (χ1v) is 4.01. The zero-order valence-corrected chi connectivity index (χ0v) is 7.31. The highest BCUT2D eigenvalue weighted by Crippen LogP contribution is 2.28. The van der Waals surface area contributed by atoms with E-state index in [2.05, 4.69) is 9.97 Å². The Balaban J connectivity index is 2.80. The van der Waals surface area contributed by atoms with Gasteiger partial charge in [0.15, 0.2) is 0 Å². The summed E-state index contributed by atoms with van der Waals surface area (Å²) in [5.74, 6) is -0.875. The van der Waals surface area contributed by atoms with E-state index >= 15 is 0 Å². The monoisotopic (exact) mass is 200 g/mol. The van der Waals surface area contributed by atoms with Crippen molar-refractivity contribution in [3.8, 4) is 0 Å². The van der Waals surface area contributed by atoms with E-state index in [1.807, 2.05) is 0 Å². The van der Waals surface area contributed by atoms with Gasteiger partial charge in [-0.25, -0.2) is 18.2 Å². The van der Waals surface area contributed by atoms with Gasteiger partial charge in [-0.2, -0.15) is 0 Å². The summed E-state index contributed by atoms with van der Waals surface area (Å²) in [7, 11) is 0. The molecule has 0 aliphatic rings. The van der Waals surface area contributed by atoms with Crippen LogP contribution in [0.5, 0.6) is 0 Å². The van der Waals surface area contributed by atoms with Crippen LogP contribution in [0.25, 0.3) is 11.0 Å². The summed E-state index contributed by atoms with van der Waals surface area (Å²) in [4.78, 5) is 6.51. The predicted octanol–water partition coefficient (Wildman–Crippen LogP) is 2.95. The lowest BCUT2D eigenvalue weighted by molar-refractivity contribution is 0.146. The average molecular weight is 200 g/mol. The van der Waals surface area contributed by atoms with E-state index in [0.717, 1.165) is 6.07 Å². The highest BCUT2D eigenvalue weighted by atomic mass is 19.3. The fourth-order valence-corrected chi connectivity index (χ4v) is 1.41. The molecule has 0 radical (unpaired) electrons. The molecule has 0 aliphatic heterocycles. The van der Waals surface area contributed by atoms with Crippen LogP contribution >= 0.6 is 0 Å². The molecule has 2 nitrogen and oxygen atoms in total. The molecule has 0 amide bonds. The van der Waals surface area contributed by atoms with Crippen molar-refractivity contribution in [2.24, 2.45) is 0 Å². The van der Waals surface area contributed by atoms with Gasteiger partial charge in [0.25, 0.3) is 6.43 Å². The number of H-pyrrole nitrogens is 1. The summed E-state index contributed by atoms with van der Waals surface area (Å²) in [6, 6.07) is 1.09. The van der Waals surface area contributed by atoms with Crippen molar-refractivity contribution in [2.75, 3.05) is 0 Å². The van der Waals surface area contributed by atoms with Crippen molar-refractivity contribution in [1.29, 1.82) is 0 Å². The van der Waals surface area contributed by atoms with Gasteiger partial charge in [0, 0.05) is 5.56 Å². The van der Waals surface area contributed by atoms with Crippen molar-refractivity contribution < 1.29 is 13.2 Å². The minimum Gasteiger partial charge on any atom is -0.345 e. The number of imidazole rings is 1. The van der Waals surface area contributed by atoms with Crippen molar-refractivity contribution in [1.82, 2.24) is 9.97 Å². The Labute approximate surface area is 77.8 Å². The Hall–Kier alpha value is -1.52. The van der Waals surface area contributed by atoms with Gasteiger partial charge in [-0.1, -0.05) is 0 Å². The molecule has 0 aliphatic carbocycles. The van der Waals surface area contributed by atoms with E-state index in [4.69, 9.17) is 0 Å². The van der Waals surface area contributed by atoms with Gasteiger partial charge >= 0.3 is 0 Å². The third-order valence-corrected chi connectivity index (χ3v) is 2.14. The number of halogens is 3. The number of hydrogen-bond donors (Lipinski definition) is 1. The van der Waals surface area contributed by atoms with Gasteiger partial charge < -0.3 is 4.98 Å². The Morgan fingerprint density at radius 1 is 1.43 bits per heavy atom. The fourth-order valence-electron chi connectivity index (χ4n) is 1.41. The van der Waals surface area contributed by atoms with Crippen molar-refractivity contribution >= 4 is 11.0 Å². The van der Waals surface area contributed by atoms with Crippen LogP contribution in [0.3, 0.4) is 0 Å². The molecule has 1 aromatic carbocycles. The molecule has 0 unspecified atom stereocenters. The lowest BCUT2D eigenvalue weighted by atomic mass is 10.1. The molecule has 0 saturated heterocycles. The van der Waals surface area contributed by atoms with Crippen LogP contribution in [-0.4, -0.2) is 9.97 Å². The van der Waals surface area contributed by atoms with E-state index in [-0.39, 0.29) is 5.56 Å². The van der Waals surface area contributed by atoms with Crippen molar-refractivity contribution in [3.05, 3.63) is 29.3 Å². The molecule has 2 rings (SSSR count). The van der Waals surface area contributed by atoms with Crippen LogP contribution in [0, 0.1) is 12.7 Å². The molecular weight excluding hydrogens is 193 g/mol. The van der Waals surface area contributed by atoms with Crippen LogP contribution in [0.1, 0.15) is 17.6 Å². The van der Waals surface area contributed by atoms with E-state index < -0.39 is 17.8 Å². The largest absolute Gasteiger partial charge is 0.345 e. The average Bonchev–Trinajstić information content (AvgIpc) is 2.58. The maximum Gasteiger partial charge on any atom is 0.266 e. The zero-order valence-electron chi connectivity index (χ0n) is 7.31. The van der Waals surface area contributed by atoms with E-state index in [1.54, 1.807) is 0 Å². The molecule has 0 fully saturated rings. The summed E-state index contributed by atoms with van der Waals surface area (Å²) in [5.41, 5.74) is 0.393. The molecule has 1 aromatic heterocycles. The lowest BCUT2D eigenvalue weighted by Crippen LogP contribution is -1.95. The standard InChI is InChI=1S/C9H7F3N2/c1-4-7(10)5(9(11)12)2-6-8(4)14-3-13-6/h2-3,9H,1H3,(H,13,14). The number of hydrogen-bond acceptors (Lipinski definition) is 1. The molecule has 0 saturated carbocycles. The van der Waals surface area contributed by atoms with Gasteiger partial charge in [0.05, 0.1) is 22.9 Å². The molecule has 0 bridgehead atoms.